The van der Waals surface area contributed by atoms with Gasteiger partial charge in [-0.15, -0.1) is 0 Å². The van der Waals surface area contributed by atoms with E-state index >= 15 is 0 Å². The van der Waals surface area contributed by atoms with Crippen molar-refractivity contribution in [3.05, 3.63) is 0 Å². The number of hydrogen-bond acceptors (Lipinski definition) is 5. The third-order valence-corrected chi connectivity index (χ3v) is 4.33. The Morgan fingerprint density at radius 1 is 1.28 bits per heavy atom. The number of aliphatic hydroxyl groups excluding tert-OH is 1. The number of rotatable bonds is 10. The van der Waals surface area contributed by atoms with E-state index in [1.807, 2.05) is 0 Å². The number of sulfonamides is 1. The van der Waals surface area contributed by atoms with Crippen LogP contribution in [0.2, 0.25) is 0 Å². The summed E-state index contributed by atoms with van der Waals surface area (Å²) < 4.78 is 29.5. The Kier molecular flexibility index (Phi) is 8.95. The predicted molar refractivity (Wildman–Crippen MR) is 68.6 cm³/mol. The SMILES string of the molecule is CCOC(=O)CCS(=O)(=O)N(C)CCCCCO. The van der Waals surface area contributed by atoms with Crippen LogP contribution < -0.4 is 0 Å². The number of aliphatic hydroxyl groups is 1. The minimum Gasteiger partial charge on any atom is -0.466 e. The number of esters is 1. The zero-order chi connectivity index (χ0) is 14.0. The molecule has 0 radical (unpaired) electrons. The first kappa shape index (κ1) is 17.3. The molecule has 0 unspecified atom stereocenters. The minimum atomic E-state index is -3.39. The average molecular weight is 281 g/mol. The van der Waals surface area contributed by atoms with Gasteiger partial charge in [0, 0.05) is 20.2 Å². The standard InChI is InChI=1S/C11H23NO5S/c1-3-17-11(14)7-10-18(15,16)12(2)8-5-4-6-9-13/h13H,3-10H2,1-2H3. The molecule has 0 aromatic carbocycles. The molecule has 0 aromatic heterocycles. The smallest absolute Gasteiger partial charge is 0.306 e. The first-order chi connectivity index (χ1) is 8.44. The van der Waals surface area contributed by atoms with Gasteiger partial charge in [-0.2, -0.15) is 0 Å². The molecule has 0 heterocycles. The highest BCUT2D eigenvalue weighted by Gasteiger charge is 2.19. The normalized spacial score (nSPS) is 11.8. The second-order valence-corrected chi connectivity index (χ2v) is 6.17. The van der Waals surface area contributed by atoms with Gasteiger partial charge in [0.2, 0.25) is 10.0 Å². The molecule has 0 spiro atoms. The molecule has 0 rings (SSSR count). The van der Waals surface area contributed by atoms with Crippen molar-refractivity contribution in [3.63, 3.8) is 0 Å². The molecule has 0 aromatic rings. The summed E-state index contributed by atoms with van der Waals surface area (Å²) in [6, 6.07) is 0. The van der Waals surface area contributed by atoms with E-state index in [9.17, 15) is 13.2 Å². The molecule has 0 amide bonds. The molecule has 0 saturated carbocycles. The number of carbonyl (C=O) groups excluding carboxylic acids is 1. The lowest BCUT2D eigenvalue weighted by Crippen LogP contribution is -2.31. The van der Waals surface area contributed by atoms with E-state index < -0.39 is 16.0 Å². The van der Waals surface area contributed by atoms with E-state index in [2.05, 4.69) is 4.74 Å². The summed E-state index contributed by atoms with van der Waals surface area (Å²) in [5, 5.41) is 8.60. The Balaban J connectivity index is 3.99. The highest BCUT2D eigenvalue weighted by Crippen LogP contribution is 2.05. The van der Waals surface area contributed by atoms with E-state index in [1.165, 1.54) is 11.4 Å². The van der Waals surface area contributed by atoms with Crippen molar-refractivity contribution in [3.8, 4) is 0 Å². The highest BCUT2D eigenvalue weighted by atomic mass is 32.2. The van der Waals surface area contributed by atoms with Gasteiger partial charge in [0.15, 0.2) is 0 Å². The fourth-order valence-electron chi connectivity index (χ4n) is 1.36. The van der Waals surface area contributed by atoms with Gasteiger partial charge in [0.1, 0.15) is 0 Å². The van der Waals surface area contributed by atoms with Gasteiger partial charge in [-0.3, -0.25) is 4.79 Å². The van der Waals surface area contributed by atoms with E-state index in [1.54, 1.807) is 6.92 Å². The zero-order valence-corrected chi connectivity index (χ0v) is 11.9. The van der Waals surface area contributed by atoms with Crippen LogP contribution in [-0.4, -0.2) is 56.4 Å². The first-order valence-electron chi connectivity index (χ1n) is 6.14. The van der Waals surface area contributed by atoms with Crippen molar-refractivity contribution < 1.29 is 23.1 Å². The monoisotopic (exact) mass is 281 g/mol. The quantitative estimate of drug-likeness (QED) is 0.462. The van der Waals surface area contributed by atoms with Crippen molar-refractivity contribution >= 4 is 16.0 Å². The molecular weight excluding hydrogens is 258 g/mol. The van der Waals surface area contributed by atoms with Crippen LogP contribution in [0.5, 0.6) is 0 Å². The number of carbonyl (C=O) groups is 1. The Labute approximate surface area is 109 Å². The minimum absolute atomic E-state index is 0.114. The van der Waals surface area contributed by atoms with Crippen molar-refractivity contribution in [2.24, 2.45) is 0 Å². The molecule has 0 fully saturated rings. The molecule has 0 aliphatic rings. The average Bonchev–Trinajstić information content (AvgIpc) is 2.32. The van der Waals surface area contributed by atoms with Gasteiger partial charge in [0.05, 0.1) is 18.8 Å². The van der Waals surface area contributed by atoms with E-state index in [0.717, 1.165) is 6.42 Å². The lowest BCUT2D eigenvalue weighted by molar-refractivity contribution is -0.142. The van der Waals surface area contributed by atoms with Crippen LogP contribution in [0, 0.1) is 0 Å². The van der Waals surface area contributed by atoms with Gasteiger partial charge >= 0.3 is 5.97 Å². The molecular formula is C11H23NO5S. The Bertz CT molecular complexity index is 328. The molecule has 7 heteroatoms. The summed E-state index contributed by atoms with van der Waals surface area (Å²) in [4.78, 5) is 11.1. The number of nitrogens with zero attached hydrogens (tertiary/aromatic N) is 1. The van der Waals surface area contributed by atoms with Crippen LogP contribution in [0.1, 0.15) is 32.6 Å². The number of unbranched alkanes of at least 4 members (excludes halogenated alkanes) is 2. The summed E-state index contributed by atoms with van der Waals surface area (Å²) in [5.74, 6) is -0.711. The molecule has 108 valence electrons. The van der Waals surface area contributed by atoms with Crippen molar-refractivity contribution in [1.29, 1.82) is 0 Å². The summed E-state index contributed by atoms with van der Waals surface area (Å²) in [6.45, 7) is 2.47. The molecule has 1 N–H and O–H groups in total. The van der Waals surface area contributed by atoms with Crippen LogP contribution in [0.15, 0.2) is 0 Å². The van der Waals surface area contributed by atoms with Crippen LogP contribution in [0.4, 0.5) is 0 Å². The van der Waals surface area contributed by atoms with E-state index in [4.69, 9.17) is 5.11 Å². The zero-order valence-electron chi connectivity index (χ0n) is 11.1. The maximum atomic E-state index is 11.8. The summed E-state index contributed by atoms with van der Waals surface area (Å²) >= 11 is 0. The highest BCUT2D eigenvalue weighted by molar-refractivity contribution is 7.89. The van der Waals surface area contributed by atoms with Crippen LogP contribution >= 0.6 is 0 Å². The summed E-state index contributed by atoms with van der Waals surface area (Å²) in [7, 11) is -1.89. The fraction of sp³-hybridized carbons (Fsp3) is 0.909. The molecule has 18 heavy (non-hydrogen) atoms. The van der Waals surface area contributed by atoms with Gasteiger partial charge in [-0.25, -0.2) is 12.7 Å². The summed E-state index contributed by atoms with van der Waals surface area (Å²) in [6.07, 6.45) is 2.05. The van der Waals surface area contributed by atoms with Gasteiger partial charge in [0.25, 0.3) is 0 Å². The maximum absolute atomic E-state index is 11.8. The lowest BCUT2D eigenvalue weighted by atomic mass is 10.2. The Morgan fingerprint density at radius 3 is 2.50 bits per heavy atom. The van der Waals surface area contributed by atoms with Crippen LogP contribution in [0.3, 0.4) is 0 Å². The lowest BCUT2D eigenvalue weighted by Gasteiger charge is -2.16. The second kappa shape index (κ2) is 9.29. The molecule has 0 aliphatic carbocycles. The fourth-order valence-corrected chi connectivity index (χ4v) is 2.51. The molecule has 0 atom stereocenters. The Hall–Kier alpha value is -0.660. The molecule has 0 saturated heterocycles. The molecule has 0 aliphatic heterocycles. The topological polar surface area (TPSA) is 83.9 Å². The third kappa shape index (κ3) is 7.62. The van der Waals surface area contributed by atoms with Crippen molar-refractivity contribution in [1.82, 2.24) is 4.31 Å². The molecule has 0 bridgehead atoms. The van der Waals surface area contributed by atoms with E-state index in [-0.39, 0.29) is 25.4 Å². The van der Waals surface area contributed by atoms with Crippen molar-refractivity contribution in [2.45, 2.75) is 32.6 Å². The number of hydrogen-bond donors (Lipinski definition) is 1. The molecule has 6 nitrogen and oxygen atoms in total. The van der Waals surface area contributed by atoms with E-state index in [0.29, 0.717) is 19.4 Å². The Morgan fingerprint density at radius 2 is 1.94 bits per heavy atom. The third-order valence-electron chi connectivity index (χ3n) is 2.48. The van der Waals surface area contributed by atoms with Crippen LogP contribution in [0.25, 0.3) is 0 Å². The first-order valence-corrected chi connectivity index (χ1v) is 7.75. The van der Waals surface area contributed by atoms with Gasteiger partial charge < -0.3 is 9.84 Å². The van der Waals surface area contributed by atoms with Crippen LogP contribution in [-0.2, 0) is 19.6 Å². The maximum Gasteiger partial charge on any atom is 0.306 e. The predicted octanol–water partition coefficient (Wildman–Crippen LogP) is 0.364. The number of ether oxygens (including phenoxy) is 1. The van der Waals surface area contributed by atoms with Crippen molar-refractivity contribution in [2.75, 3.05) is 32.6 Å². The van der Waals surface area contributed by atoms with Gasteiger partial charge in [-0.1, -0.05) is 0 Å². The largest absolute Gasteiger partial charge is 0.466 e. The summed E-state index contributed by atoms with van der Waals surface area (Å²) in [5.41, 5.74) is 0. The van der Waals surface area contributed by atoms with Gasteiger partial charge in [-0.05, 0) is 26.2 Å². The second-order valence-electron chi connectivity index (χ2n) is 3.98.